The topological polar surface area (TPSA) is 61.5 Å². The van der Waals surface area contributed by atoms with E-state index in [0.29, 0.717) is 12.4 Å². The van der Waals surface area contributed by atoms with Gasteiger partial charge in [-0.3, -0.25) is 0 Å². The highest BCUT2D eigenvalue weighted by Crippen LogP contribution is 2.15. The van der Waals surface area contributed by atoms with Crippen molar-refractivity contribution in [1.82, 2.24) is 0 Å². The molecule has 100 valence electrons. The zero-order valence-electron chi connectivity index (χ0n) is 11.0. The number of unbranched alkanes of at least 4 members (excludes halogenated alkanes) is 1. The van der Waals surface area contributed by atoms with E-state index < -0.39 is 0 Å². The minimum absolute atomic E-state index is 0.00180. The summed E-state index contributed by atoms with van der Waals surface area (Å²) in [6, 6.07) is 7.39. The van der Waals surface area contributed by atoms with E-state index in [1.165, 1.54) is 0 Å². The Balaban J connectivity index is 2.32. The number of carbonyl (C=O) groups excluding carboxylic acids is 1. The molecule has 0 saturated carbocycles. The van der Waals surface area contributed by atoms with Crippen LogP contribution < -0.4 is 10.5 Å². The van der Waals surface area contributed by atoms with Gasteiger partial charge in [-0.05, 0) is 31.0 Å². The Labute approximate surface area is 108 Å². The molecule has 1 aromatic carbocycles. The van der Waals surface area contributed by atoms with E-state index in [1.54, 1.807) is 12.1 Å². The molecule has 4 heteroatoms. The standard InChI is InChI=1S/C14H21NO3/c1-3-4-9-17-14(16)10-18-13-7-5-12(6-8-13)11(2)15/h5-8,11H,3-4,9-10,15H2,1-2H3/t11-/m0/s1. The summed E-state index contributed by atoms with van der Waals surface area (Å²) in [7, 11) is 0. The molecule has 2 N–H and O–H groups in total. The lowest BCUT2D eigenvalue weighted by Crippen LogP contribution is -2.15. The maximum atomic E-state index is 11.3. The highest BCUT2D eigenvalue weighted by molar-refractivity contribution is 5.71. The van der Waals surface area contributed by atoms with Gasteiger partial charge in [0.25, 0.3) is 0 Å². The molecule has 0 aromatic heterocycles. The van der Waals surface area contributed by atoms with Crippen LogP contribution in [-0.4, -0.2) is 19.2 Å². The molecule has 0 unspecified atom stereocenters. The minimum Gasteiger partial charge on any atom is -0.482 e. The summed E-state index contributed by atoms with van der Waals surface area (Å²) in [4.78, 5) is 11.3. The quantitative estimate of drug-likeness (QED) is 0.597. The van der Waals surface area contributed by atoms with Crippen molar-refractivity contribution in [1.29, 1.82) is 0 Å². The number of ether oxygens (including phenoxy) is 2. The normalized spacial score (nSPS) is 11.9. The summed E-state index contributed by atoms with van der Waals surface area (Å²) < 4.78 is 10.3. The van der Waals surface area contributed by atoms with Gasteiger partial charge in [0.05, 0.1) is 6.61 Å². The van der Waals surface area contributed by atoms with Crippen molar-refractivity contribution in [3.05, 3.63) is 29.8 Å². The Hall–Kier alpha value is -1.55. The number of esters is 1. The lowest BCUT2D eigenvalue weighted by atomic mass is 10.1. The summed E-state index contributed by atoms with van der Waals surface area (Å²) in [6.45, 7) is 4.37. The molecule has 0 aliphatic rings. The van der Waals surface area contributed by atoms with Gasteiger partial charge < -0.3 is 15.2 Å². The Bertz CT molecular complexity index is 360. The van der Waals surface area contributed by atoms with Gasteiger partial charge in [0.15, 0.2) is 6.61 Å². The van der Waals surface area contributed by atoms with Crippen molar-refractivity contribution in [2.75, 3.05) is 13.2 Å². The molecule has 4 nitrogen and oxygen atoms in total. The first kappa shape index (κ1) is 14.5. The summed E-state index contributed by atoms with van der Waals surface area (Å²) in [5.41, 5.74) is 6.77. The van der Waals surface area contributed by atoms with Crippen LogP contribution >= 0.6 is 0 Å². The predicted molar refractivity (Wildman–Crippen MR) is 70.4 cm³/mol. The van der Waals surface area contributed by atoms with Gasteiger partial charge in [-0.15, -0.1) is 0 Å². The largest absolute Gasteiger partial charge is 0.482 e. The Morgan fingerprint density at radius 2 is 2.00 bits per heavy atom. The number of nitrogens with two attached hydrogens (primary N) is 1. The summed E-state index contributed by atoms with van der Waals surface area (Å²) in [5.74, 6) is 0.312. The molecule has 0 spiro atoms. The van der Waals surface area contributed by atoms with E-state index >= 15 is 0 Å². The first-order chi connectivity index (χ1) is 8.63. The fraction of sp³-hybridized carbons (Fsp3) is 0.500. The van der Waals surface area contributed by atoms with Gasteiger partial charge in [0, 0.05) is 6.04 Å². The van der Waals surface area contributed by atoms with Gasteiger partial charge in [-0.2, -0.15) is 0 Å². The molecule has 0 fully saturated rings. The molecule has 1 atom stereocenters. The number of rotatable bonds is 7. The zero-order valence-corrected chi connectivity index (χ0v) is 11.0. The van der Waals surface area contributed by atoms with Crippen molar-refractivity contribution in [2.45, 2.75) is 32.7 Å². The molecular weight excluding hydrogens is 230 g/mol. The van der Waals surface area contributed by atoms with Crippen LogP contribution in [0.5, 0.6) is 5.75 Å². The van der Waals surface area contributed by atoms with E-state index in [0.717, 1.165) is 18.4 Å². The van der Waals surface area contributed by atoms with Crippen molar-refractivity contribution >= 4 is 5.97 Å². The van der Waals surface area contributed by atoms with Crippen LogP contribution in [-0.2, 0) is 9.53 Å². The van der Waals surface area contributed by atoms with Crippen LogP contribution in [0.1, 0.15) is 38.3 Å². The first-order valence-corrected chi connectivity index (χ1v) is 6.27. The van der Waals surface area contributed by atoms with E-state index in [4.69, 9.17) is 15.2 Å². The minimum atomic E-state index is -0.334. The molecule has 1 aromatic rings. The van der Waals surface area contributed by atoms with Crippen LogP contribution in [0, 0.1) is 0 Å². The molecule has 0 amide bonds. The third kappa shape index (κ3) is 5.19. The second-order valence-corrected chi connectivity index (χ2v) is 4.22. The third-order valence-corrected chi connectivity index (χ3v) is 2.52. The predicted octanol–water partition coefficient (Wildman–Crippen LogP) is 2.43. The van der Waals surface area contributed by atoms with E-state index in [-0.39, 0.29) is 18.6 Å². The van der Waals surface area contributed by atoms with Crippen molar-refractivity contribution < 1.29 is 14.3 Å². The first-order valence-electron chi connectivity index (χ1n) is 6.27. The molecule has 0 saturated heterocycles. The smallest absolute Gasteiger partial charge is 0.344 e. The number of hydrogen-bond acceptors (Lipinski definition) is 4. The molecule has 0 aliphatic heterocycles. The fourth-order valence-electron chi connectivity index (χ4n) is 1.38. The van der Waals surface area contributed by atoms with E-state index in [1.807, 2.05) is 26.0 Å². The van der Waals surface area contributed by atoms with Crippen molar-refractivity contribution in [2.24, 2.45) is 5.73 Å². The highest BCUT2D eigenvalue weighted by atomic mass is 16.6. The third-order valence-electron chi connectivity index (χ3n) is 2.52. The monoisotopic (exact) mass is 251 g/mol. The van der Waals surface area contributed by atoms with Crippen molar-refractivity contribution in [3.63, 3.8) is 0 Å². The average molecular weight is 251 g/mol. The number of benzene rings is 1. The molecule has 0 bridgehead atoms. The van der Waals surface area contributed by atoms with Crippen LogP contribution in [0.2, 0.25) is 0 Å². The lowest BCUT2D eigenvalue weighted by Gasteiger charge is -2.09. The maximum Gasteiger partial charge on any atom is 0.344 e. The zero-order chi connectivity index (χ0) is 13.4. The van der Waals surface area contributed by atoms with Gasteiger partial charge >= 0.3 is 5.97 Å². The molecule has 0 radical (unpaired) electrons. The maximum absolute atomic E-state index is 11.3. The van der Waals surface area contributed by atoms with Crippen molar-refractivity contribution in [3.8, 4) is 5.75 Å². The lowest BCUT2D eigenvalue weighted by molar-refractivity contribution is -0.146. The second kappa shape index (κ2) is 7.71. The summed E-state index contributed by atoms with van der Waals surface area (Å²) in [6.07, 6.45) is 1.89. The molecule has 0 aliphatic carbocycles. The fourth-order valence-corrected chi connectivity index (χ4v) is 1.38. The molecule has 0 heterocycles. The van der Waals surface area contributed by atoms with Gasteiger partial charge in [-0.25, -0.2) is 4.79 Å². The number of carbonyl (C=O) groups is 1. The average Bonchev–Trinajstić information content (AvgIpc) is 2.37. The summed E-state index contributed by atoms with van der Waals surface area (Å²) >= 11 is 0. The SMILES string of the molecule is CCCCOC(=O)COc1ccc([C@H](C)N)cc1. The van der Waals surface area contributed by atoms with E-state index in [9.17, 15) is 4.79 Å². The Morgan fingerprint density at radius 3 is 2.56 bits per heavy atom. The Morgan fingerprint density at radius 1 is 1.33 bits per heavy atom. The van der Waals surface area contributed by atoms with Gasteiger partial charge in [-0.1, -0.05) is 25.5 Å². The highest BCUT2D eigenvalue weighted by Gasteiger charge is 2.04. The summed E-state index contributed by atoms with van der Waals surface area (Å²) in [5, 5.41) is 0. The van der Waals surface area contributed by atoms with Gasteiger partial charge in [0.1, 0.15) is 5.75 Å². The molecule has 18 heavy (non-hydrogen) atoms. The molecule has 1 rings (SSSR count). The van der Waals surface area contributed by atoms with Crippen LogP contribution in [0.25, 0.3) is 0 Å². The van der Waals surface area contributed by atoms with Crippen LogP contribution in [0.3, 0.4) is 0 Å². The number of hydrogen-bond donors (Lipinski definition) is 1. The molecular formula is C14H21NO3. The van der Waals surface area contributed by atoms with E-state index in [2.05, 4.69) is 0 Å². The second-order valence-electron chi connectivity index (χ2n) is 4.22. The van der Waals surface area contributed by atoms with Crippen LogP contribution in [0.15, 0.2) is 24.3 Å². The van der Waals surface area contributed by atoms with Crippen LogP contribution in [0.4, 0.5) is 0 Å². The Kier molecular flexibility index (Phi) is 6.22. The van der Waals surface area contributed by atoms with Gasteiger partial charge in [0.2, 0.25) is 0 Å².